The Morgan fingerprint density at radius 2 is 1.95 bits per heavy atom. The second-order valence-corrected chi connectivity index (χ2v) is 4.22. The van der Waals surface area contributed by atoms with E-state index in [0.29, 0.717) is 5.39 Å². The average molecular weight is 504 g/mol. The van der Waals surface area contributed by atoms with Gasteiger partial charge in [-0.25, -0.2) is 4.79 Å². The Kier molecular flexibility index (Phi) is 5.93. The van der Waals surface area contributed by atoms with Crippen LogP contribution in [-0.4, -0.2) is 40.6 Å². The van der Waals surface area contributed by atoms with E-state index in [0.717, 1.165) is 4.90 Å². The zero-order valence-corrected chi connectivity index (χ0v) is 15.8. The van der Waals surface area contributed by atoms with Gasteiger partial charge >= 0.3 is 11.6 Å². The number of phenolic OH excluding ortho intramolecular Hbond substituents is 1. The number of fused-ring (bicyclic) bond motifs is 1. The minimum Gasteiger partial charge on any atom is -0.508 e. The molecule has 0 saturated carbocycles. The number of hydrogen-bond acceptors (Lipinski definition) is 5. The van der Waals surface area contributed by atoms with Gasteiger partial charge in [0.1, 0.15) is 23.4 Å². The molecule has 0 atom stereocenters. The molecule has 2 aromatic rings. The largest absolute Gasteiger partial charge is 0.508 e. The van der Waals surface area contributed by atoms with E-state index in [2.05, 4.69) is 0 Å². The van der Waals surface area contributed by atoms with Crippen LogP contribution in [0.15, 0.2) is 33.5 Å². The molecule has 0 fully saturated rings. The second-order valence-electron chi connectivity index (χ2n) is 4.22. The summed E-state index contributed by atoms with van der Waals surface area (Å²) in [6.07, 6.45) is 0. The number of aliphatic carboxylic acids is 1. The van der Waals surface area contributed by atoms with Crippen LogP contribution in [-0.2, 0) is 4.79 Å². The Morgan fingerprint density at radius 1 is 1.29 bits per heavy atom. The number of carboxylic acid groups (broad SMARTS) is 1. The van der Waals surface area contributed by atoms with Crippen LogP contribution in [0.5, 0.6) is 5.75 Å². The monoisotopic (exact) mass is 504 g/mol. The maximum Gasteiger partial charge on any atom is 0.349 e. The minimum atomic E-state index is -1.18. The predicted molar refractivity (Wildman–Crippen MR) is 68.7 cm³/mol. The topological polar surface area (TPSA) is 108 Å². The van der Waals surface area contributed by atoms with E-state index in [1.165, 1.54) is 31.3 Å². The van der Waals surface area contributed by atoms with Crippen LogP contribution in [0.4, 0.5) is 0 Å². The Balaban J connectivity index is 0.00000220. The van der Waals surface area contributed by atoms with E-state index in [4.69, 9.17) is 9.52 Å². The molecule has 8 heteroatoms. The molecular formula is C13H11AcNO6. The van der Waals surface area contributed by atoms with E-state index in [1.54, 1.807) is 0 Å². The Labute approximate surface area is 154 Å². The minimum absolute atomic E-state index is 0. The molecule has 0 unspecified atom stereocenters. The van der Waals surface area contributed by atoms with Gasteiger partial charge in [-0.3, -0.25) is 9.59 Å². The summed E-state index contributed by atoms with van der Waals surface area (Å²) in [6.45, 7) is -0.522. The first-order valence-electron chi connectivity index (χ1n) is 5.62. The van der Waals surface area contributed by atoms with Crippen LogP contribution < -0.4 is 5.63 Å². The molecule has 0 spiro atoms. The van der Waals surface area contributed by atoms with Crippen molar-refractivity contribution in [2.75, 3.05) is 13.6 Å². The van der Waals surface area contributed by atoms with Crippen molar-refractivity contribution in [2.24, 2.45) is 0 Å². The van der Waals surface area contributed by atoms with Gasteiger partial charge in [0, 0.05) is 62.6 Å². The van der Waals surface area contributed by atoms with Crippen LogP contribution in [0, 0.1) is 44.1 Å². The van der Waals surface area contributed by atoms with Gasteiger partial charge < -0.3 is 19.5 Å². The van der Waals surface area contributed by atoms with Crippen molar-refractivity contribution in [2.45, 2.75) is 0 Å². The quantitative estimate of drug-likeness (QED) is 0.595. The third-order valence-corrected chi connectivity index (χ3v) is 2.67. The van der Waals surface area contributed by atoms with Crippen molar-refractivity contribution in [3.8, 4) is 5.75 Å². The van der Waals surface area contributed by atoms with Crippen molar-refractivity contribution in [1.29, 1.82) is 0 Å². The van der Waals surface area contributed by atoms with Crippen molar-refractivity contribution in [3.05, 3.63) is 40.2 Å². The number of rotatable bonds is 3. The molecule has 0 bridgehead atoms. The molecular weight excluding hydrogens is 493 g/mol. The third-order valence-electron chi connectivity index (χ3n) is 2.67. The van der Waals surface area contributed by atoms with Crippen LogP contribution in [0.3, 0.4) is 0 Å². The van der Waals surface area contributed by atoms with Crippen LogP contribution >= 0.6 is 0 Å². The number of nitrogens with zero attached hydrogens (tertiary/aromatic N) is 1. The van der Waals surface area contributed by atoms with Gasteiger partial charge in [-0.1, -0.05) is 0 Å². The first-order valence-corrected chi connectivity index (χ1v) is 5.62. The van der Waals surface area contributed by atoms with Crippen LogP contribution in [0.25, 0.3) is 11.0 Å². The van der Waals surface area contributed by atoms with Crippen LogP contribution in [0.1, 0.15) is 10.4 Å². The van der Waals surface area contributed by atoms with Crippen molar-refractivity contribution in [1.82, 2.24) is 4.90 Å². The molecule has 0 aliphatic heterocycles. The summed E-state index contributed by atoms with van der Waals surface area (Å²) in [7, 11) is 1.27. The maximum atomic E-state index is 12.0. The molecule has 0 aliphatic rings. The van der Waals surface area contributed by atoms with Crippen molar-refractivity contribution >= 4 is 22.8 Å². The van der Waals surface area contributed by atoms with Gasteiger partial charge in [0.15, 0.2) is 0 Å². The molecule has 1 radical (unpaired) electrons. The first kappa shape index (κ1) is 17.7. The van der Waals surface area contributed by atoms with E-state index in [-0.39, 0.29) is 61.0 Å². The van der Waals surface area contributed by atoms with Gasteiger partial charge in [0.05, 0.1) is 0 Å². The van der Waals surface area contributed by atoms with E-state index < -0.39 is 24.0 Å². The van der Waals surface area contributed by atoms with E-state index in [9.17, 15) is 19.5 Å². The zero-order valence-electron chi connectivity index (χ0n) is 11.1. The second kappa shape index (κ2) is 7.05. The summed E-state index contributed by atoms with van der Waals surface area (Å²) in [5.41, 5.74) is -0.996. The fraction of sp³-hybridized carbons (Fsp3) is 0.154. The molecule has 0 saturated heterocycles. The molecule has 21 heavy (non-hydrogen) atoms. The van der Waals surface area contributed by atoms with Gasteiger partial charge in [0.25, 0.3) is 5.91 Å². The molecule has 107 valence electrons. The number of hydrogen-bond donors (Lipinski definition) is 2. The normalized spacial score (nSPS) is 9.95. The molecule has 1 aromatic heterocycles. The Bertz CT molecular complexity index is 754. The number of likely N-dealkylation sites (N-methyl/N-ethyl adjacent to an activating group) is 1. The van der Waals surface area contributed by atoms with Gasteiger partial charge in [0.2, 0.25) is 0 Å². The average Bonchev–Trinajstić information content (AvgIpc) is 2.36. The van der Waals surface area contributed by atoms with E-state index >= 15 is 0 Å². The first-order chi connectivity index (χ1) is 9.38. The standard InChI is InChI=1S/C13H11NO6.Ac/c1-14(6-11(16)17)12(18)9-4-7-2-3-8(15)5-10(7)20-13(9)19;/h2-5,15H,6H2,1H3,(H,16,17);. The number of aromatic hydroxyl groups is 1. The molecule has 1 amide bonds. The summed E-state index contributed by atoms with van der Waals surface area (Å²) in [6, 6.07) is 5.44. The van der Waals surface area contributed by atoms with Gasteiger partial charge in [-0.05, 0) is 18.2 Å². The SMILES string of the molecule is CN(CC(=O)O)C(=O)c1cc2ccc(O)cc2oc1=O.[Ac]. The van der Waals surface area contributed by atoms with Gasteiger partial charge in [-0.2, -0.15) is 0 Å². The number of amides is 1. The van der Waals surface area contributed by atoms with Crippen LogP contribution in [0.2, 0.25) is 0 Å². The molecule has 1 aromatic carbocycles. The van der Waals surface area contributed by atoms with Gasteiger partial charge in [-0.15, -0.1) is 0 Å². The summed E-state index contributed by atoms with van der Waals surface area (Å²) in [5.74, 6) is -1.99. The molecule has 2 rings (SSSR count). The maximum absolute atomic E-state index is 12.0. The molecule has 0 aliphatic carbocycles. The van der Waals surface area contributed by atoms with Crippen molar-refractivity contribution in [3.63, 3.8) is 0 Å². The predicted octanol–water partition coefficient (Wildman–Crippen LogP) is 0.655. The molecule has 1 heterocycles. The smallest absolute Gasteiger partial charge is 0.349 e. The summed E-state index contributed by atoms with van der Waals surface area (Å²) >= 11 is 0. The number of carbonyl (C=O) groups is 2. The number of carbonyl (C=O) groups excluding carboxylic acids is 1. The zero-order chi connectivity index (χ0) is 14.9. The number of benzene rings is 1. The molecule has 2 N–H and O–H groups in total. The molecule has 7 nitrogen and oxygen atoms in total. The number of phenols is 1. The van der Waals surface area contributed by atoms with Crippen molar-refractivity contribution < 1.29 is 68.3 Å². The fourth-order valence-electron chi connectivity index (χ4n) is 1.73. The summed E-state index contributed by atoms with van der Waals surface area (Å²) < 4.78 is 4.94. The Hall–Kier alpha value is -1.39. The Morgan fingerprint density at radius 3 is 2.57 bits per heavy atom. The summed E-state index contributed by atoms with van der Waals surface area (Å²) in [4.78, 5) is 35.2. The number of carboxylic acids is 1. The van der Waals surface area contributed by atoms with E-state index in [1.807, 2.05) is 0 Å². The fourth-order valence-corrected chi connectivity index (χ4v) is 1.73. The summed E-state index contributed by atoms with van der Waals surface area (Å²) in [5, 5.41) is 18.4. The third kappa shape index (κ3) is 4.05.